The molecule has 0 spiro atoms. The van der Waals surface area contributed by atoms with E-state index in [4.69, 9.17) is 9.47 Å². The Hall–Kier alpha value is -3.85. The van der Waals surface area contributed by atoms with Crippen molar-refractivity contribution in [3.05, 3.63) is 83.7 Å². The van der Waals surface area contributed by atoms with Crippen molar-refractivity contribution in [2.45, 2.75) is 57.2 Å². The van der Waals surface area contributed by atoms with E-state index in [9.17, 15) is 13.2 Å². The van der Waals surface area contributed by atoms with Gasteiger partial charge in [-0.1, -0.05) is 23.8 Å². The van der Waals surface area contributed by atoms with Gasteiger partial charge in [0, 0.05) is 29.2 Å². The zero-order valence-electron chi connectivity index (χ0n) is 22.1. The Morgan fingerprint density at radius 1 is 1.08 bits per heavy atom. The fraction of sp³-hybridized carbons (Fsp3) is 0.310. The predicted molar refractivity (Wildman–Crippen MR) is 146 cm³/mol. The molecule has 0 bridgehead atoms. The molecule has 0 amide bonds. The molecule has 0 saturated heterocycles. The molecule has 0 N–H and O–H groups in total. The molecule has 1 aliphatic rings. The van der Waals surface area contributed by atoms with Gasteiger partial charge in [0.2, 0.25) is 0 Å². The molecule has 0 radical (unpaired) electrons. The average molecular weight is 534 g/mol. The van der Waals surface area contributed by atoms with E-state index in [-0.39, 0.29) is 11.4 Å². The maximum absolute atomic E-state index is 14.1. The van der Waals surface area contributed by atoms with Crippen LogP contribution in [0, 0.1) is 6.92 Å². The Labute approximate surface area is 222 Å². The summed E-state index contributed by atoms with van der Waals surface area (Å²) < 4.78 is 42.5. The van der Waals surface area contributed by atoms with Crippen molar-refractivity contribution < 1.29 is 22.7 Å². The van der Waals surface area contributed by atoms with Gasteiger partial charge in [-0.15, -0.1) is 0 Å². The number of nitrogens with zero attached hydrogens (tertiary/aromatic N) is 3. The quantitative estimate of drug-likeness (QED) is 0.317. The third kappa shape index (κ3) is 4.74. The summed E-state index contributed by atoms with van der Waals surface area (Å²) in [5, 5.41) is 0.833. The normalized spacial score (nSPS) is 15.5. The first-order chi connectivity index (χ1) is 18.0. The minimum Gasteiger partial charge on any atom is -0.497 e. The number of aromatic nitrogens is 2. The Kier molecular flexibility index (Phi) is 6.43. The van der Waals surface area contributed by atoms with Crippen molar-refractivity contribution >= 4 is 32.7 Å². The van der Waals surface area contributed by atoms with E-state index in [0.717, 1.165) is 22.0 Å². The maximum Gasteiger partial charge on any atom is 0.326 e. The van der Waals surface area contributed by atoms with Gasteiger partial charge < -0.3 is 14.0 Å². The largest absolute Gasteiger partial charge is 0.497 e. The molecule has 2 aromatic heterocycles. The van der Waals surface area contributed by atoms with Gasteiger partial charge in [-0.05, 0) is 75.7 Å². The molecular weight excluding hydrogens is 502 g/mol. The number of hydrogen-bond donors (Lipinski definition) is 0. The molecule has 0 fully saturated rings. The van der Waals surface area contributed by atoms with E-state index in [1.54, 1.807) is 43.6 Å². The molecule has 9 heteroatoms. The summed E-state index contributed by atoms with van der Waals surface area (Å²) in [6, 6.07) is 17.4. The highest BCUT2D eigenvalue weighted by molar-refractivity contribution is 7.92. The number of carbonyl (C=O) groups is 1. The minimum atomic E-state index is -3.97. The number of pyridine rings is 1. The predicted octanol–water partition coefficient (Wildman–Crippen LogP) is 5.19. The molecule has 1 unspecified atom stereocenters. The van der Waals surface area contributed by atoms with Crippen molar-refractivity contribution in [2.75, 3.05) is 11.4 Å². The van der Waals surface area contributed by atoms with Gasteiger partial charge in [-0.25, -0.2) is 17.7 Å². The lowest BCUT2D eigenvalue weighted by Crippen LogP contribution is -2.34. The average Bonchev–Trinajstić information content (AvgIpc) is 3.41. The van der Waals surface area contributed by atoms with Crippen LogP contribution >= 0.6 is 0 Å². The molecule has 2 aromatic carbocycles. The van der Waals surface area contributed by atoms with E-state index < -0.39 is 27.6 Å². The number of aryl methyl sites for hydroxylation is 1. The molecule has 198 valence electrons. The van der Waals surface area contributed by atoms with Crippen LogP contribution in [0.4, 0.5) is 5.82 Å². The van der Waals surface area contributed by atoms with Crippen molar-refractivity contribution in [1.82, 2.24) is 9.55 Å². The maximum atomic E-state index is 14.1. The van der Waals surface area contributed by atoms with Gasteiger partial charge in [0.25, 0.3) is 10.0 Å². The summed E-state index contributed by atoms with van der Waals surface area (Å²) in [5.74, 6) is 0.650. The van der Waals surface area contributed by atoms with Crippen LogP contribution in [0.5, 0.6) is 5.75 Å². The Morgan fingerprint density at radius 3 is 2.50 bits per heavy atom. The highest BCUT2D eigenvalue weighted by Crippen LogP contribution is 2.44. The van der Waals surface area contributed by atoms with Gasteiger partial charge in [-0.3, -0.25) is 4.79 Å². The van der Waals surface area contributed by atoms with E-state index in [1.807, 2.05) is 62.6 Å². The molecule has 1 atom stereocenters. The number of carbonyl (C=O) groups excluding carboxylic acids is 1. The second-order valence-electron chi connectivity index (χ2n) is 10.5. The zero-order valence-corrected chi connectivity index (χ0v) is 23.0. The number of methoxy groups -OCH3 is 1. The second-order valence-corrected chi connectivity index (χ2v) is 12.3. The van der Waals surface area contributed by atoms with Crippen LogP contribution in [-0.2, 0) is 32.5 Å². The second kappa shape index (κ2) is 9.47. The molecule has 1 aliphatic heterocycles. The molecule has 4 aromatic rings. The number of rotatable bonds is 6. The lowest BCUT2D eigenvalue weighted by Gasteiger charge is -2.27. The van der Waals surface area contributed by atoms with Crippen LogP contribution in [0.15, 0.2) is 71.8 Å². The molecule has 0 saturated carbocycles. The summed E-state index contributed by atoms with van der Waals surface area (Å²) in [5.41, 5.74) is 2.58. The fourth-order valence-corrected chi connectivity index (χ4v) is 6.53. The van der Waals surface area contributed by atoms with Gasteiger partial charge in [-0.2, -0.15) is 0 Å². The first-order valence-corrected chi connectivity index (χ1v) is 13.9. The monoisotopic (exact) mass is 533 g/mol. The first kappa shape index (κ1) is 25.8. The summed E-state index contributed by atoms with van der Waals surface area (Å²) >= 11 is 0. The van der Waals surface area contributed by atoms with Gasteiger partial charge in [0.05, 0.1) is 18.0 Å². The van der Waals surface area contributed by atoms with E-state index in [0.29, 0.717) is 23.7 Å². The van der Waals surface area contributed by atoms with Crippen molar-refractivity contribution in [1.29, 1.82) is 0 Å². The van der Waals surface area contributed by atoms with Crippen molar-refractivity contribution in [3.8, 4) is 5.75 Å². The number of anilines is 1. The number of fused-ring (bicyclic) bond motifs is 2. The van der Waals surface area contributed by atoms with E-state index in [2.05, 4.69) is 4.98 Å². The van der Waals surface area contributed by atoms with Crippen LogP contribution in [0.3, 0.4) is 0 Å². The van der Waals surface area contributed by atoms with Crippen LogP contribution in [0.2, 0.25) is 0 Å². The number of esters is 1. The smallest absolute Gasteiger partial charge is 0.326 e. The van der Waals surface area contributed by atoms with E-state index in [1.165, 1.54) is 4.31 Å². The Bertz CT molecular complexity index is 1620. The Morgan fingerprint density at radius 2 is 1.82 bits per heavy atom. The lowest BCUT2D eigenvalue weighted by molar-refractivity contribution is -0.155. The molecule has 0 aliphatic carbocycles. The summed E-state index contributed by atoms with van der Waals surface area (Å²) in [6.45, 7) is 7.30. The Balaban J connectivity index is 1.68. The third-order valence-electron chi connectivity index (χ3n) is 6.54. The number of hydrogen-bond acceptors (Lipinski definition) is 6. The number of benzene rings is 2. The number of sulfonamides is 1. The minimum absolute atomic E-state index is 0.0683. The highest BCUT2D eigenvalue weighted by atomic mass is 32.2. The molecule has 38 heavy (non-hydrogen) atoms. The summed E-state index contributed by atoms with van der Waals surface area (Å²) in [4.78, 5) is 17.7. The molecule has 3 heterocycles. The first-order valence-electron chi connectivity index (χ1n) is 12.4. The van der Waals surface area contributed by atoms with Gasteiger partial charge in [0.1, 0.15) is 23.7 Å². The third-order valence-corrected chi connectivity index (χ3v) is 8.35. The van der Waals surface area contributed by atoms with Crippen LogP contribution in [-0.4, -0.2) is 36.6 Å². The topological polar surface area (TPSA) is 90.7 Å². The summed E-state index contributed by atoms with van der Waals surface area (Å²) in [7, 11) is -2.38. The number of ether oxygens (including phenoxy) is 2. The summed E-state index contributed by atoms with van der Waals surface area (Å²) in [6.07, 6.45) is 2.01. The van der Waals surface area contributed by atoms with Gasteiger partial charge >= 0.3 is 5.97 Å². The van der Waals surface area contributed by atoms with Crippen LogP contribution in [0.25, 0.3) is 10.9 Å². The molecule has 8 nitrogen and oxygen atoms in total. The highest BCUT2D eigenvalue weighted by Gasteiger charge is 2.42. The lowest BCUT2D eigenvalue weighted by atomic mass is 10.1. The standard InChI is InChI=1S/C29H31N3O5S/c1-19-8-11-23(12-9-19)38(34,35)32-26(16-20-7-6-14-30-28(20)32)25-17-21-15-22(36-5)10-13-24(21)31(25)18-27(33)37-29(2,3)4/h6-15,17,26H,16,18H2,1-5H3. The fourth-order valence-electron chi connectivity index (χ4n) is 4.91. The molecule has 5 rings (SSSR count). The van der Waals surface area contributed by atoms with Crippen molar-refractivity contribution in [3.63, 3.8) is 0 Å². The van der Waals surface area contributed by atoms with Gasteiger partial charge in [0.15, 0.2) is 0 Å². The van der Waals surface area contributed by atoms with Crippen molar-refractivity contribution in [2.24, 2.45) is 0 Å². The zero-order chi connectivity index (χ0) is 27.2. The SMILES string of the molecule is COc1ccc2c(c1)cc(C1Cc3cccnc3N1S(=O)(=O)c1ccc(C)cc1)n2CC(=O)OC(C)(C)C. The van der Waals surface area contributed by atoms with E-state index >= 15 is 0 Å². The van der Waals surface area contributed by atoms with Crippen LogP contribution < -0.4 is 9.04 Å². The van der Waals surface area contributed by atoms with Crippen LogP contribution in [0.1, 0.15) is 43.6 Å². The molecular formula is C29H31N3O5S.